The molecule has 62 heavy (non-hydrogen) atoms. The Morgan fingerprint density at radius 1 is 0.468 bits per heavy atom. The Morgan fingerprint density at radius 3 is 1.92 bits per heavy atom. The van der Waals surface area contributed by atoms with Crippen molar-refractivity contribution in [3.63, 3.8) is 0 Å². The maximum absolute atomic E-state index is 5.31. The molecular formula is C57H43N5. The lowest BCUT2D eigenvalue weighted by Crippen LogP contribution is -2.17. The lowest BCUT2D eigenvalue weighted by atomic mass is 9.80. The number of hydrogen-bond donors (Lipinski definition) is 0. The van der Waals surface area contributed by atoms with Gasteiger partial charge < -0.3 is 9.13 Å². The highest BCUT2D eigenvalue weighted by molar-refractivity contribution is 6.11. The first-order chi connectivity index (χ1) is 30.7. The molecule has 0 fully saturated rings. The summed E-state index contributed by atoms with van der Waals surface area (Å²) in [6.45, 7) is 0. The van der Waals surface area contributed by atoms with Crippen LogP contribution in [0.15, 0.2) is 194 Å². The molecule has 5 nitrogen and oxygen atoms in total. The number of hydrogen-bond acceptors (Lipinski definition) is 3. The summed E-state index contributed by atoms with van der Waals surface area (Å²) in [6.07, 6.45) is 24.6. The molecule has 9 aromatic rings. The molecule has 0 N–H and O–H groups in total. The minimum atomic E-state index is 0.467. The van der Waals surface area contributed by atoms with Gasteiger partial charge in [0, 0.05) is 49.9 Å². The molecule has 0 saturated heterocycles. The zero-order valence-corrected chi connectivity index (χ0v) is 34.3. The Morgan fingerprint density at radius 2 is 1.15 bits per heavy atom. The molecule has 5 heteroatoms. The number of benzene rings is 6. The highest BCUT2D eigenvalue weighted by Crippen LogP contribution is 2.40. The van der Waals surface area contributed by atoms with Crippen molar-refractivity contribution in [1.82, 2.24) is 24.1 Å². The van der Waals surface area contributed by atoms with Crippen molar-refractivity contribution in [2.75, 3.05) is 0 Å². The second kappa shape index (κ2) is 15.1. The number of para-hydroxylation sites is 2. The molecule has 3 aliphatic rings. The third kappa shape index (κ3) is 6.28. The number of allylic oxidation sites excluding steroid dienone is 9. The number of nitrogens with zero attached hydrogens (tertiary/aromatic N) is 5. The van der Waals surface area contributed by atoms with Crippen LogP contribution in [-0.4, -0.2) is 24.1 Å². The van der Waals surface area contributed by atoms with E-state index in [4.69, 9.17) is 15.0 Å². The largest absolute Gasteiger partial charge is 0.313 e. The van der Waals surface area contributed by atoms with Crippen LogP contribution in [0.3, 0.4) is 0 Å². The van der Waals surface area contributed by atoms with Gasteiger partial charge in [-0.25, -0.2) is 15.0 Å². The van der Waals surface area contributed by atoms with E-state index >= 15 is 0 Å². The zero-order valence-electron chi connectivity index (χ0n) is 34.3. The fraction of sp³-hybridized carbons (Fsp3) is 0.105. The summed E-state index contributed by atoms with van der Waals surface area (Å²) in [4.78, 5) is 15.8. The maximum Gasteiger partial charge on any atom is 0.164 e. The van der Waals surface area contributed by atoms with Crippen molar-refractivity contribution in [2.24, 2.45) is 11.8 Å². The third-order valence-corrected chi connectivity index (χ3v) is 13.0. The Kier molecular flexibility index (Phi) is 8.84. The monoisotopic (exact) mass is 797 g/mol. The Bertz CT molecular complexity index is 3370. The molecule has 0 radical (unpaired) electrons. The van der Waals surface area contributed by atoms with Gasteiger partial charge in [-0.3, -0.25) is 0 Å². The SMILES string of the molecule is C1=CCCC(n2c3ccccc3c3cc(-c4nc(-c5cccc(-c6ccccc6)c5)nc(-c5cccc(-n6c7c(c8ccccc86)CC(C6C=CC=CC6)C=C7)c5)n4)ccc32)=C1. The predicted molar refractivity (Wildman–Crippen MR) is 257 cm³/mol. The van der Waals surface area contributed by atoms with E-state index in [0.29, 0.717) is 29.3 Å². The van der Waals surface area contributed by atoms with Crippen LogP contribution in [0.2, 0.25) is 0 Å². The molecule has 0 spiro atoms. The van der Waals surface area contributed by atoms with E-state index in [2.05, 4.69) is 209 Å². The molecule has 0 bridgehead atoms. The van der Waals surface area contributed by atoms with E-state index in [1.807, 2.05) is 0 Å². The van der Waals surface area contributed by atoms with Gasteiger partial charge in [0.25, 0.3) is 0 Å². The Balaban J connectivity index is 1.01. The molecule has 2 atom stereocenters. The molecule has 6 aromatic carbocycles. The molecule has 12 rings (SSSR count). The van der Waals surface area contributed by atoms with Crippen LogP contribution in [-0.2, 0) is 6.42 Å². The fourth-order valence-corrected chi connectivity index (χ4v) is 9.94. The molecule has 0 aliphatic heterocycles. The first kappa shape index (κ1) is 36.2. The summed E-state index contributed by atoms with van der Waals surface area (Å²) < 4.78 is 4.84. The standard InChI is InChI=1S/C57H43N5/c1-4-16-38(17-5-1)40-20-14-21-42(34-40)55-58-56(60-57(59-55)44-31-33-53-50(37-44)48-27-10-12-28-51(48)61(53)45-23-8-3-9-24-45)43-22-15-25-46(35-43)62-52-29-13-11-26-47(52)49-36-41(30-32-54(49)62)39-18-6-2-7-19-39/h1-8,10-18,20-23,25-35,37,39,41H,9,19,24,36H2. The second-order valence-electron chi connectivity index (χ2n) is 16.7. The minimum Gasteiger partial charge on any atom is -0.313 e. The summed E-state index contributed by atoms with van der Waals surface area (Å²) in [7, 11) is 0. The Labute approximate surface area is 361 Å². The van der Waals surface area contributed by atoms with Gasteiger partial charge >= 0.3 is 0 Å². The predicted octanol–water partition coefficient (Wildman–Crippen LogP) is 14.1. The number of rotatable bonds is 7. The first-order valence-electron chi connectivity index (χ1n) is 21.8. The fourth-order valence-electron chi connectivity index (χ4n) is 9.94. The molecule has 296 valence electrons. The van der Waals surface area contributed by atoms with Crippen molar-refractivity contribution in [3.05, 3.63) is 205 Å². The van der Waals surface area contributed by atoms with E-state index in [0.717, 1.165) is 59.2 Å². The van der Waals surface area contributed by atoms with E-state index in [-0.39, 0.29) is 0 Å². The van der Waals surface area contributed by atoms with Gasteiger partial charge in [-0.05, 0) is 115 Å². The van der Waals surface area contributed by atoms with E-state index in [9.17, 15) is 0 Å². The van der Waals surface area contributed by atoms with Crippen molar-refractivity contribution < 1.29 is 0 Å². The highest BCUT2D eigenvalue weighted by Gasteiger charge is 2.27. The Hall–Kier alpha value is -7.63. The van der Waals surface area contributed by atoms with Crippen molar-refractivity contribution in [2.45, 2.75) is 25.7 Å². The molecular weight excluding hydrogens is 755 g/mol. The van der Waals surface area contributed by atoms with Crippen LogP contribution in [0.5, 0.6) is 0 Å². The van der Waals surface area contributed by atoms with Crippen LogP contribution in [0, 0.1) is 11.8 Å². The normalized spacial score (nSPS) is 16.9. The lowest BCUT2D eigenvalue weighted by Gasteiger charge is -2.25. The topological polar surface area (TPSA) is 48.5 Å². The lowest BCUT2D eigenvalue weighted by molar-refractivity contribution is 0.472. The molecule has 3 aliphatic carbocycles. The molecule has 3 heterocycles. The van der Waals surface area contributed by atoms with Gasteiger partial charge in [0.15, 0.2) is 17.5 Å². The summed E-state index contributed by atoms with van der Waals surface area (Å²) >= 11 is 0. The maximum atomic E-state index is 5.31. The van der Waals surface area contributed by atoms with Gasteiger partial charge in [-0.1, -0.05) is 140 Å². The third-order valence-electron chi connectivity index (χ3n) is 13.0. The van der Waals surface area contributed by atoms with Crippen LogP contribution in [0.25, 0.3) is 95.5 Å². The van der Waals surface area contributed by atoms with Crippen molar-refractivity contribution >= 4 is 44.5 Å². The van der Waals surface area contributed by atoms with Gasteiger partial charge in [0.05, 0.1) is 16.6 Å². The molecule has 0 saturated carbocycles. The van der Waals surface area contributed by atoms with E-state index in [1.54, 1.807) is 0 Å². The minimum absolute atomic E-state index is 0.467. The average molecular weight is 798 g/mol. The van der Waals surface area contributed by atoms with Crippen molar-refractivity contribution in [3.8, 4) is 51.0 Å². The van der Waals surface area contributed by atoms with Gasteiger partial charge in [-0.2, -0.15) is 0 Å². The average Bonchev–Trinajstić information content (AvgIpc) is 3.87. The summed E-state index contributed by atoms with van der Waals surface area (Å²) in [5, 5.41) is 3.71. The van der Waals surface area contributed by atoms with Crippen LogP contribution < -0.4 is 0 Å². The smallest absolute Gasteiger partial charge is 0.164 e. The van der Waals surface area contributed by atoms with E-state index < -0.39 is 0 Å². The van der Waals surface area contributed by atoms with Crippen LogP contribution in [0.1, 0.15) is 30.5 Å². The zero-order chi connectivity index (χ0) is 41.0. The van der Waals surface area contributed by atoms with Crippen LogP contribution in [0.4, 0.5) is 0 Å². The van der Waals surface area contributed by atoms with Crippen molar-refractivity contribution in [1.29, 1.82) is 0 Å². The van der Waals surface area contributed by atoms with Gasteiger partial charge in [-0.15, -0.1) is 0 Å². The van der Waals surface area contributed by atoms with Gasteiger partial charge in [0.2, 0.25) is 0 Å². The second-order valence-corrected chi connectivity index (χ2v) is 16.7. The molecule has 0 amide bonds. The number of aromatic nitrogens is 5. The quantitative estimate of drug-likeness (QED) is 0.161. The summed E-state index contributed by atoms with van der Waals surface area (Å²) in [5.74, 6) is 2.90. The van der Waals surface area contributed by atoms with E-state index in [1.165, 1.54) is 49.7 Å². The summed E-state index contributed by atoms with van der Waals surface area (Å²) in [6, 6.07) is 52.0. The molecule has 2 unspecified atom stereocenters. The summed E-state index contributed by atoms with van der Waals surface area (Å²) in [5.41, 5.74) is 13.7. The van der Waals surface area contributed by atoms with Crippen LogP contribution >= 0.6 is 0 Å². The number of fused-ring (bicyclic) bond motifs is 6. The molecule has 3 aromatic heterocycles. The highest BCUT2D eigenvalue weighted by atomic mass is 15.0. The first-order valence-corrected chi connectivity index (χ1v) is 21.8. The van der Waals surface area contributed by atoms with Gasteiger partial charge in [0.1, 0.15) is 0 Å².